The second-order valence-electron chi connectivity index (χ2n) is 4.20. The molecule has 1 heterocycles. The van der Waals surface area contributed by atoms with Crippen molar-refractivity contribution < 1.29 is 5.11 Å². The number of rotatable bonds is 1. The minimum atomic E-state index is 0.230. The van der Waals surface area contributed by atoms with E-state index in [-0.39, 0.29) is 5.75 Å². The molecule has 0 saturated carbocycles. The number of pyridine rings is 1. The summed E-state index contributed by atoms with van der Waals surface area (Å²) in [5, 5.41) is 11.0. The number of fused-ring (bicyclic) bond motifs is 1. The van der Waals surface area contributed by atoms with E-state index in [0.29, 0.717) is 5.15 Å². The van der Waals surface area contributed by atoms with Crippen LogP contribution in [-0.4, -0.2) is 10.1 Å². The van der Waals surface area contributed by atoms with Crippen LogP contribution in [0.4, 0.5) is 0 Å². The van der Waals surface area contributed by atoms with Crippen LogP contribution in [0.5, 0.6) is 5.75 Å². The molecule has 0 unspecified atom stereocenters. The van der Waals surface area contributed by atoms with Crippen LogP contribution in [0.25, 0.3) is 22.0 Å². The van der Waals surface area contributed by atoms with Gasteiger partial charge in [-0.3, -0.25) is 0 Å². The SMILES string of the molecule is Oc1cccc(-c2cc(Cl)nc3ccc(Br)cc23)c1. The number of halogens is 2. The monoisotopic (exact) mass is 333 g/mol. The Hall–Kier alpha value is -1.58. The molecule has 2 aromatic carbocycles. The minimum absolute atomic E-state index is 0.230. The van der Waals surface area contributed by atoms with Gasteiger partial charge in [-0.25, -0.2) is 4.98 Å². The van der Waals surface area contributed by atoms with E-state index >= 15 is 0 Å². The Labute approximate surface area is 123 Å². The molecule has 0 aliphatic rings. The van der Waals surface area contributed by atoms with E-state index in [0.717, 1.165) is 26.5 Å². The van der Waals surface area contributed by atoms with Gasteiger partial charge in [-0.2, -0.15) is 0 Å². The molecule has 0 fully saturated rings. The van der Waals surface area contributed by atoms with E-state index in [1.165, 1.54) is 0 Å². The van der Waals surface area contributed by atoms with Gasteiger partial charge in [0.15, 0.2) is 0 Å². The van der Waals surface area contributed by atoms with Gasteiger partial charge in [-0.05, 0) is 47.5 Å². The van der Waals surface area contributed by atoms with Crippen LogP contribution in [0.2, 0.25) is 5.15 Å². The Bertz CT molecular complexity index is 773. The van der Waals surface area contributed by atoms with Gasteiger partial charge in [-0.1, -0.05) is 39.7 Å². The number of aromatic hydroxyl groups is 1. The molecular weight excluding hydrogens is 326 g/mol. The zero-order valence-corrected chi connectivity index (χ0v) is 12.1. The van der Waals surface area contributed by atoms with Gasteiger partial charge in [-0.15, -0.1) is 0 Å². The lowest BCUT2D eigenvalue weighted by molar-refractivity contribution is 0.475. The highest BCUT2D eigenvalue weighted by Gasteiger charge is 2.08. The summed E-state index contributed by atoms with van der Waals surface area (Å²) < 4.78 is 0.977. The molecule has 94 valence electrons. The van der Waals surface area contributed by atoms with Crippen molar-refractivity contribution in [2.75, 3.05) is 0 Å². The first-order chi connectivity index (χ1) is 9.13. The molecule has 0 aliphatic heterocycles. The Morgan fingerprint density at radius 3 is 2.68 bits per heavy atom. The zero-order chi connectivity index (χ0) is 13.4. The highest BCUT2D eigenvalue weighted by molar-refractivity contribution is 9.10. The number of phenols is 1. The Morgan fingerprint density at radius 2 is 1.89 bits per heavy atom. The average molecular weight is 335 g/mol. The van der Waals surface area contributed by atoms with Crippen molar-refractivity contribution in [2.45, 2.75) is 0 Å². The second kappa shape index (κ2) is 4.83. The molecule has 0 spiro atoms. The lowest BCUT2D eigenvalue weighted by Gasteiger charge is -2.08. The van der Waals surface area contributed by atoms with E-state index in [1.807, 2.05) is 36.4 Å². The number of aromatic nitrogens is 1. The Kier molecular flexibility index (Phi) is 3.17. The standard InChI is InChI=1S/C15H9BrClNO/c16-10-4-5-14-13(7-10)12(8-15(17)18-14)9-2-1-3-11(19)6-9/h1-8,19H. The van der Waals surface area contributed by atoms with Crippen LogP contribution >= 0.6 is 27.5 Å². The molecular formula is C15H9BrClNO. The van der Waals surface area contributed by atoms with Crippen LogP contribution in [0, 0.1) is 0 Å². The quantitative estimate of drug-likeness (QED) is 0.634. The topological polar surface area (TPSA) is 33.1 Å². The molecule has 3 rings (SSSR count). The molecule has 0 aliphatic carbocycles. The second-order valence-corrected chi connectivity index (χ2v) is 5.51. The maximum absolute atomic E-state index is 9.61. The van der Waals surface area contributed by atoms with E-state index in [2.05, 4.69) is 20.9 Å². The van der Waals surface area contributed by atoms with Crippen molar-refractivity contribution in [3.8, 4) is 16.9 Å². The molecule has 0 radical (unpaired) electrons. The summed E-state index contributed by atoms with van der Waals surface area (Å²) >= 11 is 9.53. The van der Waals surface area contributed by atoms with E-state index in [4.69, 9.17) is 11.6 Å². The van der Waals surface area contributed by atoms with Crippen LogP contribution in [0.3, 0.4) is 0 Å². The summed E-state index contributed by atoms with van der Waals surface area (Å²) in [6.45, 7) is 0. The summed E-state index contributed by atoms with van der Waals surface area (Å²) in [5.74, 6) is 0.230. The molecule has 3 aromatic rings. The predicted octanol–water partition coefficient (Wildman–Crippen LogP) is 5.02. The highest BCUT2D eigenvalue weighted by Crippen LogP contribution is 2.33. The first-order valence-electron chi connectivity index (χ1n) is 5.69. The molecule has 19 heavy (non-hydrogen) atoms. The summed E-state index contributed by atoms with van der Waals surface area (Å²) in [6.07, 6.45) is 0. The third-order valence-corrected chi connectivity index (χ3v) is 3.58. The fraction of sp³-hybridized carbons (Fsp3) is 0. The summed E-state index contributed by atoms with van der Waals surface area (Å²) in [5.41, 5.74) is 2.69. The van der Waals surface area contributed by atoms with Gasteiger partial charge in [0.05, 0.1) is 5.52 Å². The molecule has 4 heteroatoms. The number of nitrogens with zero attached hydrogens (tertiary/aromatic N) is 1. The maximum atomic E-state index is 9.61. The lowest BCUT2D eigenvalue weighted by atomic mass is 10.0. The smallest absolute Gasteiger partial charge is 0.130 e. The highest BCUT2D eigenvalue weighted by atomic mass is 79.9. The van der Waals surface area contributed by atoms with Crippen LogP contribution in [0.1, 0.15) is 0 Å². The van der Waals surface area contributed by atoms with Crippen LogP contribution < -0.4 is 0 Å². The van der Waals surface area contributed by atoms with Gasteiger partial charge in [0, 0.05) is 9.86 Å². The first kappa shape index (κ1) is 12.5. The number of benzene rings is 2. The van der Waals surface area contributed by atoms with Crippen molar-refractivity contribution in [3.63, 3.8) is 0 Å². The normalized spacial score (nSPS) is 10.8. The van der Waals surface area contributed by atoms with E-state index in [9.17, 15) is 5.11 Å². The van der Waals surface area contributed by atoms with Crippen molar-refractivity contribution in [1.82, 2.24) is 4.98 Å². The average Bonchev–Trinajstić information content (AvgIpc) is 2.38. The van der Waals surface area contributed by atoms with E-state index < -0.39 is 0 Å². The minimum Gasteiger partial charge on any atom is -0.508 e. The van der Waals surface area contributed by atoms with Crippen LogP contribution in [0.15, 0.2) is 53.0 Å². The summed E-state index contributed by atoms with van der Waals surface area (Å²) in [4.78, 5) is 4.31. The van der Waals surface area contributed by atoms with Crippen molar-refractivity contribution in [1.29, 1.82) is 0 Å². The molecule has 0 amide bonds. The number of phenolic OH excluding ortho intramolecular Hbond substituents is 1. The maximum Gasteiger partial charge on any atom is 0.130 e. The molecule has 1 N–H and O–H groups in total. The largest absolute Gasteiger partial charge is 0.508 e. The first-order valence-corrected chi connectivity index (χ1v) is 6.86. The van der Waals surface area contributed by atoms with E-state index in [1.54, 1.807) is 12.1 Å². The van der Waals surface area contributed by atoms with Crippen molar-refractivity contribution in [3.05, 3.63) is 58.2 Å². The lowest BCUT2D eigenvalue weighted by Crippen LogP contribution is -1.86. The van der Waals surface area contributed by atoms with Gasteiger partial charge in [0.25, 0.3) is 0 Å². The summed E-state index contributed by atoms with van der Waals surface area (Å²) in [6, 6.07) is 14.8. The fourth-order valence-electron chi connectivity index (χ4n) is 2.08. The Morgan fingerprint density at radius 1 is 1.05 bits per heavy atom. The molecule has 0 atom stereocenters. The summed E-state index contributed by atoms with van der Waals surface area (Å²) in [7, 11) is 0. The van der Waals surface area contributed by atoms with Gasteiger partial charge in [0.1, 0.15) is 10.9 Å². The molecule has 0 saturated heterocycles. The van der Waals surface area contributed by atoms with Gasteiger partial charge < -0.3 is 5.11 Å². The van der Waals surface area contributed by atoms with Gasteiger partial charge >= 0.3 is 0 Å². The number of hydrogen-bond acceptors (Lipinski definition) is 2. The molecule has 0 bridgehead atoms. The van der Waals surface area contributed by atoms with Crippen molar-refractivity contribution >= 4 is 38.4 Å². The predicted molar refractivity (Wildman–Crippen MR) is 81.6 cm³/mol. The third-order valence-electron chi connectivity index (χ3n) is 2.90. The number of hydrogen-bond donors (Lipinski definition) is 1. The van der Waals surface area contributed by atoms with Gasteiger partial charge in [0.2, 0.25) is 0 Å². The zero-order valence-electron chi connectivity index (χ0n) is 9.77. The molecule has 1 aromatic heterocycles. The molecule has 2 nitrogen and oxygen atoms in total. The third kappa shape index (κ3) is 2.44. The van der Waals surface area contributed by atoms with Crippen molar-refractivity contribution in [2.24, 2.45) is 0 Å². The Balaban J connectivity index is 2.36. The fourth-order valence-corrected chi connectivity index (χ4v) is 2.64. The van der Waals surface area contributed by atoms with Crippen LogP contribution in [-0.2, 0) is 0 Å².